The van der Waals surface area contributed by atoms with E-state index in [2.05, 4.69) is 10.6 Å². The van der Waals surface area contributed by atoms with Crippen LogP contribution in [0.3, 0.4) is 0 Å². The lowest BCUT2D eigenvalue weighted by molar-refractivity contribution is -0.119. The van der Waals surface area contributed by atoms with Gasteiger partial charge in [0.15, 0.2) is 0 Å². The predicted octanol–water partition coefficient (Wildman–Crippen LogP) is 2.28. The summed E-state index contributed by atoms with van der Waals surface area (Å²) >= 11 is 0. The van der Waals surface area contributed by atoms with Gasteiger partial charge in [-0.15, -0.1) is 12.4 Å². The fourth-order valence-electron chi connectivity index (χ4n) is 3.13. The SMILES string of the molecule is Cl.O=C(Nc1cccc(C(=O)N2CCCCC2)c1)C1CCNC1. The quantitative estimate of drug-likeness (QED) is 0.889. The van der Waals surface area contributed by atoms with Gasteiger partial charge in [0.05, 0.1) is 5.92 Å². The zero-order valence-corrected chi connectivity index (χ0v) is 14.0. The van der Waals surface area contributed by atoms with E-state index in [1.54, 1.807) is 6.07 Å². The van der Waals surface area contributed by atoms with Gasteiger partial charge in [-0.05, 0) is 50.4 Å². The van der Waals surface area contributed by atoms with E-state index in [1.807, 2.05) is 23.1 Å². The van der Waals surface area contributed by atoms with Crippen molar-refractivity contribution in [1.29, 1.82) is 0 Å². The van der Waals surface area contributed by atoms with Crippen LogP contribution in [-0.4, -0.2) is 42.9 Å². The molecule has 2 heterocycles. The third-order valence-corrected chi connectivity index (χ3v) is 4.45. The number of benzene rings is 1. The van der Waals surface area contributed by atoms with Gasteiger partial charge >= 0.3 is 0 Å². The van der Waals surface area contributed by atoms with E-state index < -0.39 is 0 Å². The van der Waals surface area contributed by atoms with Crippen molar-refractivity contribution in [3.05, 3.63) is 29.8 Å². The molecule has 0 bridgehead atoms. The van der Waals surface area contributed by atoms with Crippen molar-refractivity contribution in [2.75, 3.05) is 31.5 Å². The Labute approximate surface area is 143 Å². The highest BCUT2D eigenvalue weighted by molar-refractivity contribution is 5.97. The van der Waals surface area contributed by atoms with Crippen LogP contribution in [0.2, 0.25) is 0 Å². The number of piperidine rings is 1. The molecular formula is C17H24ClN3O2. The maximum Gasteiger partial charge on any atom is 0.253 e. The Balaban J connectivity index is 0.00000192. The van der Waals surface area contributed by atoms with Gasteiger partial charge < -0.3 is 15.5 Å². The number of nitrogens with zero attached hydrogens (tertiary/aromatic N) is 1. The van der Waals surface area contributed by atoms with Crippen molar-refractivity contribution in [3.63, 3.8) is 0 Å². The number of rotatable bonds is 3. The number of nitrogens with one attached hydrogen (secondary N) is 2. The zero-order chi connectivity index (χ0) is 15.4. The van der Waals surface area contributed by atoms with E-state index >= 15 is 0 Å². The lowest BCUT2D eigenvalue weighted by Crippen LogP contribution is -2.35. The molecule has 2 aliphatic heterocycles. The first-order valence-electron chi connectivity index (χ1n) is 8.15. The van der Waals surface area contributed by atoms with Crippen LogP contribution in [0.15, 0.2) is 24.3 Å². The fourth-order valence-corrected chi connectivity index (χ4v) is 3.13. The average Bonchev–Trinajstić information content (AvgIpc) is 3.10. The van der Waals surface area contributed by atoms with Crippen molar-refractivity contribution >= 4 is 29.9 Å². The van der Waals surface area contributed by atoms with Crippen LogP contribution in [0.5, 0.6) is 0 Å². The zero-order valence-electron chi connectivity index (χ0n) is 13.2. The summed E-state index contributed by atoms with van der Waals surface area (Å²) in [7, 11) is 0. The lowest BCUT2D eigenvalue weighted by Gasteiger charge is -2.26. The molecule has 126 valence electrons. The molecule has 0 saturated carbocycles. The van der Waals surface area contributed by atoms with Crippen molar-refractivity contribution < 1.29 is 9.59 Å². The second-order valence-electron chi connectivity index (χ2n) is 6.11. The molecule has 23 heavy (non-hydrogen) atoms. The van der Waals surface area contributed by atoms with Crippen LogP contribution in [-0.2, 0) is 4.79 Å². The second-order valence-corrected chi connectivity index (χ2v) is 6.11. The second kappa shape index (κ2) is 8.31. The number of carbonyl (C=O) groups excluding carboxylic acids is 2. The van der Waals surface area contributed by atoms with Gasteiger partial charge in [-0.25, -0.2) is 0 Å². The molecule has 0 spiro atoms. The van der Waals surface area contributed by atoms with Crippen LogP contribution >= 0.6 is 12.4 Å². The molecule has 1 atom stereocenters. The average molecular weight is 338 g/mol. The number of hydrogen-bond donors (Lipinski definition) is 2. The summed E-state index contributed by atoms with van der Waals surface area (Å²) in [5, 5.41) is 6.12. The Morgan fingerprint density at radius 3 is 2.65 bits per heavy atom. The largest absolute Gasteiger partial charge is 0.339 e. The first-order chi connectivity index (χ1) is 10.7. The molecule has 2 N–H and O–H groups in total. The van der Waals surface area contributed by atoms with Gasteiger partial charge in [0, 0.05) is 30.9 Å². The number of carbonyl (C=O) groups is 2. The molecule has 1 aromatic carbocycles. The van der Waals surface area contributed by atoms with Crippen LogP contribution in [0.4, 0.5) is 5.69 Å². The highest BCUT2D eigenvalue weighted by atomic mass is 35.5. The Bertz CT molecular complexity index is 553. The molecule has 1 aromatic rings. The molecule has 6 heteroatoms. The van der Waals surface area contributed by atoms with Crippen LogP contribution in [0.1, 0.15) is 36.0 Å². The molecule has 5 nitrogen and oxygen atoms in total. The minimum absolute atomic E-state index is 0. The van der Waals surface area contributed by atoms with Crippen LogP contribution in [0.25, 0.3) is 0 Å². The normalized spacial score (nSPS) is 20.7. The molecule has 2 amide bonds. The van der Waals surface area contributed by atoms with E-state index in [4.69, 9.17) is 0 Å². The molecule has 2 fully saturated rings. The number of likely N-dealkylation sites (tertiary alicyclic amines) is 1. The van der Waals surface area contributed by atoms with Gasteiger partial charge in [-0.2, -0.15) is 0 Å². The monoisotopic (exact) mass is 337 g/mol. The molecule has 2 aliphatic rings. The van der Waals surface area contributed by atoms with Crippen LogP contribution < -0.4 is 10.6 Å². The molecule has 0 aromatic heterocycles. The Morgan fingerprint density at radius 1 is 1.17 bits per heavy atom. The van der Waals surface area contributed by atoms with Crippen molar-refractivity contribution in [1.82, 2.24) is 10.2 Å². The molecule has 2 saturated heterocycles. The van der Waals surface area contributed by atoms with E-state index in [0.29, 0.717) is 11.3 Å². The Kier molecular flexibility index (Phi) is 6.42. The summed E-state index contributed by atoms with van der Waals surface area (Å²) < 4.78 is 0. The summed E-state index contributed by atoms with van der Waals surface area (Å²) in [6, 6.07) is 7.29. The number of hydrogen-bond acceptors (Lipinski definition) is 3. The standard InChI is InChI=1S/C17H23N3O2.ClH/c21-16(14-7-8-18-12-14)19-15-6-4-5-13(11-15)17(22)20-9-2-1-3-10-20;/h4-6,11,14,18H,1-3,7-10,12H2,(H,19,21);1H. The molecule has 0 aliphatic carbocycles. The summed E-state index contributed by atoms with van der Waals surface area (Å²) in [5.74, 6) is 0.132. The van der Waals surface area contributed by atoms with Crippen LogP contribution in [0, 0.1) is 5.92 Å². The highest BCUT2D eigenvalue weighted by Crippen LogP contribution is 2.18. The molecule has 0 radical (unpaired) electrons. The van der Waals surface area contributed by atoms with Gasteiger partial charge in [0.1, 0.15) is 0 Å². The molecular weight excluding hydrogens is 314 g/mol. The number of anilines is 1. The van der Waals surface area contributed by atoms with E-state index in [9.17, 15) is 9.59 Å². The van der Waals surface area contributed by atoms with E-state index in [0.717, 1.165) is 45.4 Å². The third-order valence-electron chi connectivity index (χ3n) is 4.45. The summed E-state index contributed by atoms with van der Waals surface area (Å²) in [4.78, 5) is 26.6. The van der Waals surface area contributed by atoms with E-state index in [1.165, 1.54) is 6.42 Å². The Hall–Kier alpha value is -1.59. The van der Waals surface area contributed by atoms with Crippen molar-refractivity contribution in [3.8, 4) is 0 Å². The maximum absolute atomic E-state index is 12.5. The lowest BCUT2D eigenvalue weighted by atomic mass is 10.1. The number of halogens is 1. The topological polar surface area (TPSA) is 61.4 Å². The number of amides is 2. The van der Waals surface area contributed by atoms with Crippen molar-refractivity contribution in [2.24, 2.45) is 5.92 Å². The minimum atomic E-state index is 0. The summed E-state index contributed by atoms with van der Waals surface area (Å²) in [6.07, 6.45) is 4.24. The first kappa shape index (κ1) is 17.8. The van der Waals surface area contributed by atoms with Crippen molar-refractivity contribution in [2.45, 2.75) is 25.7 Å². The fraction of sp³-hybridized carbons (Fsp3) is 0.529. The summed E-state index contributed by atoms with van der Waals surface area (Å²) in [6.45, 7) is 3.30. The van der Waals surface area contributed by atoms with Gasteiger partial charge in [0.25, 0.3) is 5.91 Å². The highest BCUT2D eigenvalue weighted by Gasteiger charge is 2.23. The minimum Gasteiger partial charge on any atom is -0.339 e. The summed E-state index contributed by atoms with van der Waals surface area (Å²) in [5.41, 5.74) is 1.36. The third kappa shape index (κ3) is 4.45. The smallest absolute Gasteiger partial charge is 0.253 e. The maximum atomic E-state index is 12.5. The molecule has 1 unspecified atom stereocenters. The van der Waals surface area contributed by atoms with Gasteiger partial charge in [-0.3, -0.25) is 9.59 Å². The van der Waals surface area contributed by atoms with E-state index in [-0.39, 0.29) is 30.1 Å². The van der Waals surface area contributed by atoms with Gasteiger partial charge in [0.2, 0.25) is 5.91 Å². The first-order valence-corrected chi connectivity index (χ1v) is 8.15. The predicted molar refractivity (Wildman–Crippen MR) is 93.1 cm³/mol. The molecule has 3 rings (SSSR count). The van der Waals surface area contributed by atoms with Gasteiger partial charge in [-0.1, -0.05) is 6.07 Å². The Morgan fingerprint density at radius 2 is 1.96 bits per heavy atom.